The molecule has 12 heteroatoms. The van der Waals surface area contributed by atoms with E-state index in [1.807, 2.05) is 6.92 Å². The molecule has 11 nitrogen and oxygen atoms in total. The number of H-pyrrole nitrogens is 1. The summed E-state index contributed by atoms with van der Waals surface area (Å²) in [6.07, 6.45) is 3.77. The van der Waals surface area contributed by atoms with Gasteiger partial charge in [-0.3, -0.25) is 9.48 Å². The van der Waals surface area contributed by atoms with Gasteiger partial charge in [-0.25, -0.2) is 9.50 Å². The number of rotatable bonds is 3. The highest BCUT2D eigenvalue weighted by atomic mass is 19.1. The predicted molar refractivity (Wildman–Crippen MR) is 112 cm³/mol. The van der Waals surface area contributed by atoms with Crippen LogP contribution in [0.5, 0.6) is 0 Å². The molecule has 1 atom stereocenters. The molecule has 0 aromatic carbocycles. The largest absolute Gasteiger partial charge is 0.412 e. The van der Waals surface area contributed by atoms with Gasteiger partial charge < -0.3 is 14.3 Å². The number of nitrogens with zero attached hydrogens (tertiary/aromatic N) is 8. The number of halogens is 1. The number of aromatic amines is 1. The summed E-state index contributed by atoms with van der Waals surface area (Å²) in [4.78, 5) is 22.6. The minimum absolute atomic E-state index is 0.146. The molecule has 0 saturated carbocycles. The third kappa shape index (κ3) is 2.94. The summed E-state index contributed by atoms with van der Waals surface area (Å²) in [7, 11) is 1.80. The summed E-state index contributed by atoms with van der Waals surface area (Å²) >= 11 is 0. The van der Waals surface area contributed by atoms with E-state index in [0.29, 0.717) is 35.4 Å². The lowest BCUT2D eigenvalue weighted by Gasteiger charge is -2.32. The highest BCUT2D eigenvalue weighted by Gasteiger charge is 2.38. The number of carbonyl (C=O) groups excluding carboxylic acids is 1. The van der Waals surface area contributed by atoms with Gasteiger partial charge in [0.2, 0.25) is 5.95 Å². The van der Waals surface area contributed by atoms with Crippen LogP contribution in [0.15, 0.2) is 41.2 Å². The van der Waals surface area contributed by atoms with Crippen LogP contribution in [0.1, 0.15) is 39.5 Å². The molecule has 1 amide bonds. The fourth-order valence-corrected chi connectivity index (χ4v) is 4.18. The number of aryl methyl sites for hydroxylation is 1. The number of fused-ring (bicyclic) bond motifs is 2. The van der Waals surface area contributed by atoms with Crippen LogP contribution in [0.2, 0.25) is 0 Å². The molecule has 0 spiro atoms. The first-order valence-electron chi connectivity index (χ1n) is 10.3. The molecule has 0 radical (unpaired) electrons. The second-order valence-corrected chi connectivity index (χ2v) is 7.85. The molecule has 5 aromatic rings. The van der Waals surface area contributed by atoms with Crippen molar-refractivity contribution in [1.29, 1.82) is 0 Å². The van der Waals surface area contributed by atoms with Crippen LogP contribution in [-0.4, -0.2) is 56.9 Å². The molecule has 1 N–H and O–H groups in total. The Bertz CT molecular complexity index is 1510. The summed E-state index contributed by atoms with van der Waals surface area (Å²) in [5.41, 5.74) is 4.11. The van der Waals surface area contributed by atoms with Crippen molar-refractivity contribution in [3.63, 3.8) is 0 Å². The number of aromatic nitrogens is 8. The summed E-state index contributed by atoms with van der Waals surface area (Å²) in [5, 5.41) is 16.6. The van der Waals surface area contributed by atoms with Gasteiger partial charge in [0.25, 0.3) is 5.89 Å². The average molecular weight is 447 g/mol. The van der Waals surface area contributed by atoms with Crippen molar-refractivity contribution in [2.24, 2.45) is 7.05 Å². The van der Waals surface area contributed by atoms with Crippen molar-refractivity contribution in [2.45, 2.75) is 19.4 Å². The molecule has 5 aromatic heterocycles. The molecule has 0 fully saturated rings. The van der Waals surface area contributed by atoms with Crippen molar-refractivity contribution < 1.29 is 13.6 Å². The fourth-order valence-electron chi connectivity index (χ4n) is 4.18. The highest BCUT2D eigenvalue weighted by molar-refractivity contribution is 5.90. The van der Waals surface area contributed by atoms with Crippen LogP contribution < -0.4 is 0 Å². The van der Waals surface area contributed by atoms with Gasteiger partial charge in [0.15, 0.2) is 0 Å². The number of hydrogen-bond acceptors (Lipinski definition) is 7. The Balaban J connectivity index is 1.41. The Morgan fingerprint density at radius 1 is 1.30 bits per heavy atom. The topological polar surface area (TPSA) is 123 Å². The zero-order valence-electron chi connectivity index (χ0n) is 17.7. The lowest BCUT2D eigenvalue weighted by atomic mass is 9.99. The van der Waals surface area contributed by atoms with Gasteiger partial charge in [-0.2, -0.15) is 14.6 Å². The van der Waals surface area contributed by atoms with E-state index in [0.717, 1.165) is 11.4 Å². The molecule has 6 heterocycles. The molecule has 33 heavy (non-hydrogen) atoms. The summed E-state index contributed by atoms with van der Waals surface area (Å²) in [5.74, 6) is -0.880. The van der Waals surface area contributed by atoms with Crippen LogP contribution >= 0.6 is 0 Å². The Labute approximate surface area is 185 Å². The highest BCUT2D eigenvalue weighted by Crippen LogP contribution is 2.34. The van der Waals surface area contributed by atoms with Gasteiger partial charge in [0, 0.05) is 31.4 Å². The second-order valence-electron chi connectivity index (χ2n) is 7.85. The maximum absolute atomic E-state index is 14.3. The first-order valence-corrected chi connectivity index (χ1v) is 10.3. The van der Waals surface area contributed by atoms with Gasteiger partial charge in [-0.05, 0) is 25.1 Å². The van der Waals surface area contributed by atoms with Gasteiger partial charge in [0.1, 0.15) is 6.04 Å². The number of amides is 1. The first-order chi connectivity index (χ1) is 16.0. The molecule has 6 rings (SSSR count). The number of imidazole rings is 1. The van der Waals surface area contributed by atoms with E-state index >= 15 is 0 Å². The van der Waals surface area contributed by atoms with E-state index in [1.54, 1.807) is 47.4 Å². The lowest BCUT2D eigenvalue weighted by molar-refractivity contribution is 0.0646. The van der Waals surface area contributed by atoms with E-state index in [1.165, 1.54) is 10.6 Å². The van der Waals surface area contributed by atoms with E-state index in [2.05, 4.69) is 30.4 Å². The Morgan fingerprint density at radius 2 is 2.18 bits per heavy atom. The quantitative estimate of drug-likeness (QED) is 0.420. The smallest absolute Gasteiger partial charge is 0.312 e. The van der Waals surface area contributed by atoms with Crippen molar-refractivity contribution in [1.82, 2.24) is 44.5 Å². The van der Waals surface area contributed by atoms with Gasteiger partial charge in [0.05, 0.1) is 35.0 Å². The van der Waals surface area contributed by atoms with Crippen LogP contribution in [0.3, 0.4) is 0 Å². The summed E-state index contributed by atoms with van der Waals surface area (Å²) < 4.78 is 22.9. The zero-order chi connectivity index (χ0) is 22.7. The Hall–Kier alpha value is -4.35. The second kappa shape index (κ2) is 7.08. The van der Waals surface area contributed by atoms with Crippen LogP contribution in [0.4, 0.5) is 4.39 Å². The lowest BCUT2D eigenvalue weighted by Crippen LogP contribution is -2.41. The molecule has 1 aliphatic heterocycles. The van der Waals surface area contributed by atoms with Gasteiger partial charge in [-0.15, -0.1) is 10.2 Å². The van der Waals surface area contributed by atoms with Crippen molar-refractivity contribution >= 4 is 11.4 Å². The van der Waals surface area contributed by atoms with Crippen molar-refractivity contribution in [3.8, 4) is 11.5 Å². The Morgan fingerprint density at radius 3 is 2.97 bits per heavy atom. The standard InChI is InChI=1S/C21H18FN9O2/c1-11-13(9-25-29(11)2)19-26-27-20(33-19)21(32)30-7-6-14-17(24-10-23-14)18(30)15-8-12-4-3-5-16(22)31(12)28-15/h3-5,8-10,18H,6-7H2,1-2H3,(H,23,24)/t18-/m1/s1. The zero-order valence-corrected chi connectivity index (χ0v) is 17.7. The number of hydrogen-bond donors (Lipinski definition) is 1. The normalized spacial score (nSPS) is 15.8. The third-order valence-electron chi connectivity index (χ3n) is 6.00. The number of carbonyl (C=O) groups is 1. The molecule has 1 aliphatic rings. The van der Waals surface area contributed by atoms with Crippen LogP contribution in [0.25, 0.3) is 17.0 Å². The summed E-state index contributed by atoms with van der Waals surface area (Å²) in [6, 6.07) is 5.80. The van der Waals surface area contributed by atoms with Crippen molar-refractivity contribution in [2.75, 3.05) is 6.54 Å². The van der Waals surface area contributed by atoms with E-state index in [9.17, 15) is 9.18 Å². The third-order valence-corrected chi connectivity index (χ3v) is 6.00. The molecule has 0 aliphatic carbocycles. The Kier molecular flexibility index (Phi) is 4.15. The molecular formula is C21H18FN9O2. The van der Waals surface area contributed by atoms with E-state index in [4.69, 9.17) is 4.42 Å². The van der Waals surface area contributed by atoms with Crippen molar-refractivity contribution in [3.05, 3.63) is 71.4 Å². The SMILES string of the molecule is Cc1c(-c2nnc(C(=O)N3CCc4[nH]cnc4[C@H]3c3cc4cccc(F)n4n3)o2)cnn1C. The van der Waals surface area contributed by atoms with Crippen LogP contribution in [-0.2, 0) is 13.5 Å². The van der Waals surface area contributed by atoms with E-state index < -0.39 is 17.9 Å². The fraction of sp³-hybridized carbons (Fsp3) is 0.238. The number of pyridine rings is 1. The average Bonchev–Trinajstić information content (AvgIpc) is 3.60. The maximum atomic E-state index is 14.3. The molecule has 0 saturated heterocycles. The van der Waals surface area contributed by atoms with E-state index in [-0.39, 0.29) is 11.8 Å². The molecular weight excluding hydrogens is 429 g/mol. The predicted octanol–water partition coefficient (Wildman–Crippen LogP) is 2.08. The number of nitrogens with one attached hydrogen (secondary N) is 1. The minimum Gasteiger partial charge on any atom is -0.412 e. The monoisotopic (exact) mass is 447 g/mol. The maximum Gasteiger partial charge on any atom is 0.312 e. The van der Waals surface area contributed by atoms with Crippen LogP contribution in [0, 0.1) is 12.9 Å². The van der Waals surface area contributed by atoms with Gasteiger partial charge >= 0.3 is 11.8 Å². The first kappa shape index (κ1) is 19.3. The summed E-state index contributed by atoms with van der Waals surface area (Å²) in [6.45, 7) is 2.25. The molecule has 0 unspecified atom stereocenters. The molecule has 166 valence electrons. The minimum atomic E-state index is -0.637. The van der Waals surface area contributed by atoms with Gasteiger partial charge in [-0.1, -0.05) is 6.07 Å². The molecule has 0 bridgehead atoms.